The van der Waals surface area contributed by atoms with Crippen molar-refractivity contribution < 1.29 is 13.2 Å². The van der Waals surface area contributed by atoms with E-state index in [1.807, 2.05) is 14.1 Å². The highest BCUT2D eigenvalue weighted by Crippen LogP contribution is 2.24. The second-order valence-corrected chi connectivity index (χ2v) is 8.32. The van der Waals surface area contributed by atoms with Crippen molar-refractivity contribution in [3.63, 3.8) is 0 Å². The van der Waals surface area contributed by atoms with E-state index in [-0.39, 0.29) is 15.8 Å². The Morgan fingerprint density at radius 1 is 1.36 bits per heavy atom. The van der Waals surface area contributed by atoms with Crippen molar-refractivity contribution in [1.82, 2.24) is 9.80 Å². The van der Waals surface area contributed by atoms with Gasteiger partial charge in [-0.15, -0.1) is 0 Å². The molecule has 2 rings (SSSR count). The van der Waals surface area contributed by atoms with Crippen LogP contribution < -0.4 is 0 Å². The van der Waals surface area contributed by atoms with Gasteiger partial charge in [0.15, 0.2) is 9.84 Å². The van der Waals surface area contributed by atoms with Gasteiger partial charge in [-0.05, 0) is 45.1 Å². The number of likely N-dealkylation sites (tertiary alicyclic amines) is 1. The summed E-state index contributed by atoms with van der Waals surface area (Å²) < 4.78 is 23.5. The van der Waals surface area contributed by atoms with Gasteiger partial charge in [-0.2, -0.15) is 0 Å². The number of piperidine rings is 1. The average Bonchev–Trinajstić information content (AvgIpc) is 2.46. The van der Waals surface area contributed by atoms with Crippen LogP contribution in [0.25, 0.3) is 0 Å². The summed E-state index contributed by atoms with van der Waals surface area (Å²) in [7, 11) is 0.550. The number of rotatable bonds is 3. The maximum absolute atomic E-state index is 12.6. The lowest BCUT2D eigenvalue weighted by Crippen LogP contribution is -2.47. The van der Waals surface area contributed by atoms with Gasteiger partial charge in [0.05, 0.1) is 9.92 Å². The van der Waals surface area contributed by atoms with Crippen molar-refractivity contribution in [2.24, 2.45) is 0 Å². The second-order valence-electron chi connectivity index (χ2n) is 5.93. The lowest BCUT2D eigenvalue weighted by atomic mass is 10.0. The summed E-state index contributed by atoms with van der Waals surface area (Å²) in [5.41, 5.74) is 0.365. The van der Waals surface area contributed by atoms with E-state index in [1.54, 1.807) is 11.0 Å². The number of amides is 1. The molecule has 1 aliphatic heterocycles. The summed E-state index contributed by atoms with van der Waals surface area (Å²) in [5.74, 6) is -0.145. The normalized spacial score (nSPS) is 19.5. The Kier molecular flexibility index (Phi) is 5.14. The monoisotopic (exact) mass is 344 g/mol. The van der Waals surface area contributed by atoms with E-state index in [1.165, 1.54) is 12.1 Å². The summed E-state index contributed by atoms with van der Waals surface area (Å²) in [6.07, 6.45) is 3.10. The van der Waals surface area contributed by atoms with Crippen LogP contribution in [0.15, 0.2) is 23.1 Å². The third-order valence-electron chi connectivity index (χ3n) is 3.99. The molecule has 5 nitrogen and oxygen atoms in total. The van der Waals surface area contributed by atoms with Gasteiger partial charge >= 0.3 is 0 Å². The highest BCUT2D eigenvalue weighted by molar-refractivity contribution is 7.90. The molecular formula is C15H21ClN2O3S. The molecule has 22 heavy (non-hydrogen) atoms. The van der Waals surface area contributed by atoms with Crippen LogP contribution in [-0.2, 0) is 9.84 Å². The predicted octanol–water partition coefficient (Wildman–Crippen LogP) is 1.91. The number of carbonyl (C=O) groups is 1. The van der Waals surface area contributed by atoms with E-state index >= 15 is 0 Å². The lowest BCUT2D eigenvalue weighted by Gasteiger charge is -2.36. The van der Waals surface area contributed by atoms with Crippen LogP contribution in [0, 0.1) is 0 Å². The Balaban J connectivity index is 2.26. The quantitative estimate of drug-likeness (QED) is 0.840. The molecule has 0 aliphatic carbocycles. The molecule has 0 radical (unpaired) electrons. The van der Waals surface area contributed by atoms with Gasteiger partial charge in [0.2, 0.25) is 0 Å². The summed E-state index contributed by atoms with van der Waals surface area (Å²) in [5, 5.41) is 0.142. The van der Waals surface area contributed by atoms with Gasteiger partial charge in [0, 0.05) is 31.0 Å². The molecule has 1 saturated heterocycles. The molecule has 1 fully saturated rings. The minimum absolute atomic E-state index is 0.00110. The molecule has 0 unspecified atom stereocenters. The minimum Gasteiger partial charge on any atom is -0.337 e. The molecule has 1 heterocycles. The third-order valence-corrected chi connectivity index (χ3v) is 5.57. The van der Waals surface area contributed by atoms with Gasteiger partial charge < -0.3 is 9.80 Å². The van der Waals surface area contributed by atoms with Crippen LogP contribution in [0.3, 0.4) is 0 Å². The maximum atomic E-state index is 12.6. The summed E-state index contributed by atoms with van der Waals surface area (Å²) in [6.45, 7) is 1.35. The van der Waals surface area contributed by atoms with Crippen molar-refractivity contribution in [3.05, 3.63) is 28.8 Å². The van der Waals surface area contributed by atoms with Crippen LogP contribution in [-0.4, -0.2) is 63.6 Å². The van der Waals surface area contributed by atoms with E-state index < -0.39 is 9.84 Å². The molecular weight excluding hydrogens is 324 g/mol. The van der Waals surface area contributed by atoms with Crippen LogP contribution in [0.2, 0.25) is 5.02 Å². The molecule has 0 saturated carbocycles. The van der Waals surface area contributed by atoms with E-state index in [9.17, 15) is 13.2 Å². The molecule has 0 bridgehead atoms. The fourth-order valence-corrected chi connectivity index (χ4v) is 3.97. The Morgan fingerprint density at radius 3 is 2.64 bits per heavy atom. The van der Waals surface area contributed by atoms with Gasteiger partial charge in [-0.25, -0.2) is 8.42 Å². The Morgan fingerprint density at radius 2 is 2.05 bits per heavy atom. The SMILES string of the molecule is CN(C)[C@H]1CCCN(C(=O)c2ccc(Cl)c(S(C)(=O)=O)c2)C1. The molecule has 7 heteroatoms. The number of sulfone groups is 1. The van der Waals surface area contributed by atoms with E-state index in [2.05, 4.69) is 4.90 Å². The van der Waals surface area contributed by atoms with Gasteiger partial charge in [-0.1, -0.05) is 11.6 Å². The van der Waals surface area contributed by atoms with Crippen molar-refractivity contribution in [1.29, 1.82) is 0 Å². The van der Waals surface area contributed by atoms with Crippen molar-refractivity contribution in [3.8, 4) is 0 Å². The van der Waals surface area contributed by atoms with Gasteiger partial charge in [0.1, 0.15) is 0 Å². The fourth-order valence-electron chi connectivity index (χ4n) is 2.66. The first-order valence-electron chi connectivity index (χ1n) is 7.15. The van der Waals surface area contributed by atoms with E-state index in [4.69, 9.17) is 11.6 Å². The minimum atomic E-state index is -3.46. The molecule has 1 amide bonds. The molecule has 122 valence electrons. The van der Waals surface area contributed by atoms with Crippen molar-refractivity contribution in [2.45, 2.75) is 23.8 Å². The number of halogens is 1. The molecule has 1 aromatic carbocycles. The highest BCUT2D eigenvalue weighted by Gasteiger charge is 2.26. The zero-order valence-corrected chi connectivity index (χ0v) is 14.6. The largest absolute Gasteiger partial charge is 0.337 e. The molecule has 1 aliphatic rings. The lowest BCUT2D eigenvalue weighted by molar-refractivity contribution is 0.0635. The zero-order chi connectivity index (χ0) is 16.5. The maximum Gasteiger partial charge on any atom is 0.253 e. The molecule has 0 aromatic heterocycles. The number of benzene rings is 1. The van der Waals surface area contributed by atoms with E-state index in [0.29, 0.717) is 24.7 Å². The van der Waals surface area contributed by atoms with Gasteiger partial charge in [0.25, 0.3) is 5.91 Å². The summed E-state index contributed by atoms with van der Waals surface area (Å²) >= 11 is 5.93. The summed E-state index contributed by atoms with van der Waals surface area (Å²) in [4.78, 5) is 16.5. The Labute approximate surface area is 136 Å². The topological polar surface area (TPSA) is 57.7 Å². The molecule has 0 spiro atoms. The zero-order valence-electron chi connectivity index (χ0n) is 13.0. The van der Waals surface area contributed by atoms with Crippen molar-refractivity contribution >= 4 is 27.3 Å². The van der Waals surface area contributed by atoms with Crippen LogP contribution in [0.1, 0.15) is 23.2 Å². The molecule has 1 aromatic rings. The highest BCUT2D eigenvalue weighted by atomic mass is 35.5. The Bertz CT molecular complexity index is 673. The fraction of sp³-hybridized carbons (Fsp3) is 0.533. The van der Waals surface area contributed by atoms with Crippen LogP contribution in [0.4, 0.5) is 0 Å². The first-order chi connectivity index (χ1) is 10.2. The number of hydrogen-bond donors (Lipinski definition) is 0. The number of likely N-dealkylation sites (N-methyl/N-ethyl adjacent to an activating group) is 1. The van der Waals surface area contributed by atoms with E-state index in [0.717, 1.165) is 19.1 Å². The summed E-state index contributed by atoms with van der Waals surface area (Å²) in [6, 6.07) is 4.76. The van der Waals surface area contributed by atoms with Gasteiger partial charge in [-0.3, -0.25) is 4.79 Å². The van der Waals surface area contributed by atoms with Crippen molar-refractivity contribution in [2.75, 3.05) is 33.4 Å². The average molecular weight is 345 g/mol. The standard InChI is InChI=1S/C15H21ClN2O3S/c1-17(2)12-5-4-8-18(10-12)15(19)11-6-7-13(16)14(9-11)22(3,20)21/h6-7,9,12H,4-5,8,10H2,1-3H3/t12-/m0/s1. The second kappa shape index (κ2) is 6.56. The first kappa shape index (κ1) is 17.2. The predicted molar refractivity (Wildman–Crippen MR) is 87.2 cm³/mol. The molecule has 1 atom stereocenters. The first-order valence-corrected chi connectivity index (χ1v) is 9.42. The Hall–Kier alpha value is -1.11. The van der Waals surface area contributed by atoms with Crippen LogP contribution in [0.5, 0.6) is 0 Å². The molecule has 0 N–H and O–H groups in total. The number of carbonyl (C=O) groups excluding carboxylic acids is 1. The number of nitrogens with zero attached hydrogens (tertiary/aromatic N) is 2. The third kappa shape index (κ3) is 3.80. The smallest absolute Gasteiger partial charge is 0.253 e. The van der Waals surface area contributed by atoms with Crippen LogP contribution >= 0.6 is 11.6 Å². The number of hydrogen-bond acceptors (Lipinski definition) is 4.